The third-order valence-electron chi connectivity index (χ3n) is 8.32. The molecule has 2 saturated heterocycles. The van der Waals surface area contributed by atoms with Gasteiger partial charge in [-0.05, 0) is 77.8 Å². The van der Waals surface area contributed by atoms with Crippen molar-refractivity contribution in [2.75, 3.05) is 37.7 Å². The Morgan fingerprint density at radius 1 is 0.816 bits per heavy atom. The molecule has 3 aromatic rings. The summed E-state index contributed by atoms with van der Waals surface area (Å²) in [6.07, 6.45) is 4.94. The minimum atomic E-state index is -2.47. The van der Waals surface area contributed by atoms with Crippen molar-refractivity contribution in [3.8, 4) is 5.75 Å². The number of ether oxygens (including phenoxy) is 1. The van der Waals surface area contributed by atoms with E-state index in [1.165, 1.54) is 22.5 Å². The summed E-state index contributed by atoms with van der Waals surface area (Å²) < 4.78 is 13.4. The average molecular weight is 529 g/mol. The average Bonchev–Trinajstić information content (AvgIpc) is 2.95. The number of piperidine rings is 2. The lowest BCUT2D eigenvalue weighted by atomic mass is 9.97. The number of rotatable bonds is 8. The van der Waals surface area contributed by atoms with E-state index < -0.39 is 8.32 Å². The van der Waals surface area contributed by atoms with Crippen LogP contribution in [0.15, 0.2) is 84.9 Å². The second-order valence-electron chi connectivity index (χ2n) is 12.0. The molecule has 4 nitrogen and oxygen atoms in total. The van der Waals surface area contributed by atoms with E-state index in [1.54, 1.807) is 0 Å². The molecule has 3 aromatic carbocycles. The first-order valence-corrected chi connectivity index (χ1v) is 16.3. The van der Waals surface area contributed by atoms with Gasteiger partial charge in [0.2, 0.25) is 0 Å². The highest BCUT2D eigenvalue weighted by molar-refractivity contribution is 6.99. The Kier molecular flexibility index (Phi) is 8.56. The Morgan fingerprint density at radius 3 is 1.95 bits per heavy atom. The van der Waals surface area contributed by atoms with Crippen LogP contribution in [-0.2, 0) is 4.43 Å². The first-order valence-electron chi connectivity index (χ1n) is 14.4. The molecule has 1 unspecified atom stereocenters. The summed E-state index contributed by atoms with van der Waals surface area (Å²) >= 11 is 0. The molecule has 0 amide bonds. The van der Waals surface area contributed by atoms with Crippen LogP contribution in [0.25, 0.3) is 0 Å². The van der Waals surface area contributed by atoms with E-state index in [4.69, 9.17) is 9.16 Å². The fraction of sp³-hybridized carbons (Fsp3) is 0.455. The molecule has 2 aliphatic heterocycles. The van der Waals surface area contributed by atoms with Gasteiger partial charge in [0.1, 0.15) is 11.9 Å². The maximum Gasteiger partial charge on any atom is 0.261 e. The molecular weight excluding hydrogens is 484 g/mol. The quantitative estimate of drug-likeness (QED) is 0.385. The van der Waals surface area contributed by atoms with Gasteiger partial charge < -0.3 is 19.4 Å². The van der Waals surface area contributed by atoms with Crippen molar-refractivity contribution in [2.45, 2.75) is 57.6 Å². The van der Waals surface area contributed by atoms with E-state index in [9.17, 15) is 0 Å². The third kappa shape index (κ3) is 6.01. The summed E-state index contributed by atoms with van der Waals surface area (Å²) in [5.74, 6) is 1.56. The normalized spacial score (nSPS) is 19.3. The molecule has 0 aromatic heterocycles. The third-order valence-corrected chi connectivity index (χ3v) is 13.3. The van der Waals surface area contributed by atoms with Gasteiger partial charge in [0.05, 0.1) is 0 Å². The van der Waals surface area contributed by atoms with E-state index in [0.717, 1.165) is 57.8 Å². The molecule has 1 N–H and O–H groups in total. The van der Waals surface area contributed by atoms with E-state index in [-0.39, 0.29) is 5.04 Å². The lowest BCUT2D eigenvalue weighted by molar-refractivity contribution is 0.167. The molecule has 0 radical (unpaired) electrons. The zero-order valence-electron chi connectivity index (χ0n) is 23.4. The maximum absolute atomic E-state index is 7.23. The Balaban J connectivity index is 1.23. The van der Waals surface area contributed by atoms with Crippen molar-refractivity contribution in [2.24, 2.45) is 5.92 Å². The Bertz CT molecular complexity index is 1080. The van der Waals surface area contributed by atoms with Crippen LogP contribution < -0.4 is 25.3 Å². The van der Waals surface area contributed by atoms with Gasteiger partial charge in [-0.25, -0.2) is 0 Å². The highest BCUT2D eigenvalue weighted by Gasteiger charge is 2.50. The number of nitrogens with zero attached hydrogens (tertiary/aromatic N) is 1. The van der Waals surface area contributed by atoms with Crippen LogP contribution in [0.3, 0.4) is 0 Å². The highest BCUT2D eigenvalue weighted by atomic mass is 28.4. The van der Waals surface area contributed by atoms with Crippen LogP contribution in [0.2, 0.25) is 5.04 Å². The van der Waals surface area contributed by atoms with Crippen LogP contribution in [0, 0.1) is 5.92 Å². The number of hydrogen-bond acceptors (Lipinski definition) is 4. The van der Waals surface area contributed by atoms with Crippen molar-refractivity contribution < 1.29 is 9.16 Å². The van der Waals surface area contributed by atoms with E-state index in [2.05, 4.69) is 116 Å². The number of nitrogens with one attached hydrogen (secondary N) is 1. The van der Waals surface area contributed by atoms with Crippen molar-refractivity contribution >= 4 is 24.4 Å². The van der Waals surface area contributed by atoms with Gasteiger partial charge in [0.25, 0.3) is 8.32 Å². The molecule has 2 aliphatic rings. The van der Waals surface area contributed by atoms with Crippen LogP contribution >= 0.6 is 0 Å². The summed E-state index contributed by atoms with van der Waals surface area (Å²) in [5.41, 5.74) is 1.30. The van der Waals surface area contributed by atoms with E-state index in [1.807, 2.05) is 0 Å². The largest absolute Gasteiger partial charge is 0.489 e. The maximum atomic E-state index is 7.23. The van der Waals surface area contributed by atoms with Gasteiger partial charge in [0.15, 0.2) is 0 Å². The molecule has 0 spiro atoms. The van der Waals surface area contributed by atoms with Gasteiger partial charge in [-0.1, -0.05) is 81.4 Å². The molecule has 2 fully saturated rings. The van der Waals surface area contributed by atoms with E-state index in [0.29, 0.717) is 12.0 Å². The number of hydrogen-bond donors (Lipinski definition) is 1. The van der Waals surface area contributed by atoms with Gasteiger partial charge in [-0.3, -0.25) is 0 Å². The van der Waals surface area contributed by atoms with Crippen LogP contribution in [0.4, 0.5) is 5.69 Å². The predicted molar refractivity (Wildman–Crippen MR) is 161 cm³/mol. The Morgan fingerprint density at radius 2 is 1.42 bits per heavy atom. The van der Waals surface area contributed by atoms with Crippen molar-refractivity contribution in [3.05, 3.63) is 84.9 Å². The van der Waals surface area contributed by atoms with Crippen LogP contribution in [0.5, 0.6) is 5.75 Å². The molecule has 38 heavy (non-hydrogen) atoms. The highest BCUT2D eigenvalue weighted by Crippen LogP contribution is 2.37. The van der Waals surface area contributed by atoms with Gasteiger partial charge in [-0.2, -0.15) is 0 Å². The van der Waals surface area contributed by atoms with Crippen molar-refractivity contribution in [3.63, 3.8) is 0 Å². The van der Waals surface area contributed by atoms with E-state index >= 15 is 0 Å². The fourth-order valence-corrected chi connectivity index (χ4v) is 10.9. The summed E-state index contributed by atoms with van der Waals surface area (Å²) in [5, 5.41) is 6.18. The first-order chi connectivity index (χ1) is 18.5. The minimum Gasteiger partial charge on any atom is -0.489 e. The molecule has 2 heterocycles. The molecule has 0 saturated carbocycles. The molecule has 5 rings (SSSR count). The van der Waals surface area contributed by atoms with Crippen LogP contribution in [0.1, 0.15) is 46.5 Å². The van der Waals surface area contributed by atoms with Crippen molar-refractivity contribution in [1.29, 1.82) is 0 Å². The molecule has 0 aliphatic carbocycles. The van der Waals surface area contributed by atoms with Gasteiger partial charge in [0, 0.05) is 31.9 Å². The predicted octanol–water partition coefficient (Wildman–Crippen LogP) is 5.61. The summed E-state index contributed by atoms with van der Waals surface area (Å²) in [6.45, 7) is 12.1. The zero-order valence-corrected chi connectivity index (χ0v) is 24.4. The number of benzene rings is 3. The monoisotopic (exact) mass is 528 g/mol. The topological polar surface area (TPSA) is 33.7 Å². The molecule has 0 bridgehead atoms. The Hall–Kier alpha value is -2.60. The zero-order chi connectivity index (χ0) is 26.4. The summed E-state index contributed by atoms with van der Waals surface area (Å²) in [7, 11) is -2.47. The number of anilines is 1. The second kappa shape index (κ2) is 12.1. The lowest BCUT2D eigenvalue weighted by Crippen LogP contribution is -2.67. The summed E-state index contributed by atoms with van der Waals surface area (Å²) in [4.78, 5) is 2.52. The summed E-state index contributed by atoms with van der Waals surface area (Å²) in [6, 6.07) is 30.7. The first kappa shape index (κ1) is 27.0. The molecule has 1 atom stereocenters. The van der Waals surface area contributed by atoms with Crippen LogP contribution in [-0.4, -0.2) is 47.2 Å². The Labute approximate surface area is 230 Å². The molecular formula is C33H44N2O2Si. The fourth-order valence-electron chi connectivity index (χ4n) is 6.21. The van der Waals surface area contributed by atoms with Gasteiger partial charge >= 0.3 is 0 Å². The molecule has 202 valence electrons. The van der Waals surface area contributed by atoms with Crippen molar-refractivity contribution in [1.82, 2.24) is 5.32 Å². The standard InChI is InChI=1S/C33H44N2O2Si/c1-33(2,3)38(31-12-6-4-7-13-31,32-14-8-5-9-15-32)36-26-27-20-23-35(24-21-27)28-16-18-29(19-17-28)37-30-11-10-22-34-25-30/h4-9,12-19,27,30,34H,10-11,20-26H2,1-3H3. The lowest BCUT2D eigenvalue weighted by Gasteiger charge is -2.44. The second-order valence-corrected chi connectivity index (χ2v) is 16.3. The molecule has 5 heteroatoms. The SMILES string of the molecule is CC(C)(C)[Si](OCC1CCN(c2ccc(OC3CCCNC3)cc2)CC1)(c1ccccc1)c1ccccc1. The minimum absolute atomic E-state index is 0.0217. The van der Waals surface area contributed by atoms with Gasteiger partial charge in [-0.15, -0.1) is 0 Å². The smallest absolute Gasteiger partial charge is 0.261 e.